The minimum Gasteiger partial charge on any atom is -0.478 e. The Morgan fingerprint density at radius 3 is 2.19 bits per heavy atom. The minimum atomic E-state index is -4.41. The monoisotopic (exact) mass is 690 g/mol. The highest BCUT2D eigenvalue weighted by atomic mass is 32.2. The van der Waals surface area contributed by atoms with Gasteiger partial charge in [0.05, 0.1) is 27.8 Å². The summed E-state index contributed by atoms with van der Waals surface area (Å²) in [6.45, 7) is 11.5. The Hall–Kier alpha value is -4.26. The van der Waals surface area contributed by atoms with Gasteiger partial charge in [0.2, 0.25) is 0 Å². The molecular formula is C36H38N2O8S2. The number of sulfone groups is 1. The number of aromatic carboxylic acids is 1. The lowest BCUT2D eigenvalue weighted by Gasteiger charge is -2.34. The van der Waals surface area contributed by atoms with Gasteiger partial charge in [-0.15, -0.1) is 0 Å². The first-order valence-corrected chi connectivity index (χ1v) is 19.1. The van der Waals surface area contributed by atoms with Crippen molar-refractivity contribution in [2.45, 2.75) is 58.5 Å². The number of rotatable bonds is 7. The highest BCUT2D eigenvalue weighted by molar-refractivity contribution is 7.91. The Morgan fingerprint density at radius 2 is 1.56 bits per heavy atom. The van der Waals surface area contributed by atoms with Gasteiger partial charge in [0.25, 0.3) is 10.1 Å². The van der Waals surface area contributed by atoms with Crippen molar-refractivity contribution in [3.63, 3.8) is 0 Å². The van der Waals surface area contributed by atoms with E-state index in [1.54, 1.807) is 30.3 Å². The number of nitrogens with zero attached hydrogens (tertiary/aromatic N) is 1. The Morgan fingerprint density at radius 1 is 0.875 bits per heavy atom. The normalized spacial score (nSPS) is 17.4. The van der Waals surface area contributed by atoms with Gasteiger partial charge in [0.15, 0.2) is 9.84 Å². The van der Waals surface area contributed by atoms with Crippen LogP contribution in [0.4, 0.5) is 5.69 Å². The first-order valence-electron chi connectivity index (χ1n) is 15.5. The molecule has 0 amide bonds. The molecule has 0 aromatic heterocycles. The maximum absolute atomic E-state index is 12.7. The highest BCUT2D eigenvalue weighted by Crippen LogP contribution is 2.45. The summed E-state index contributed by atoms with van der Waals surface area (Å²) in [7, 11) is -7.84. The van der Waals surface area contributed by atoms with Gasteiger partial charge in [-0.2, -0.15) is 8.42 Å². The number of carboxylic acids is 1. The van der Waals surface area contributed by atoms with Crippen LogP contribution in [0.3, 0.4) is 0 Å². The molecule has 252 valence electrons. The smallest absolute Gasteiger partial charge is 0.336 e. The molecule has 3 heterocycles. The molecule has 0 radical (unpaired) electrons. The Kier molecular flexibility index (Phi) is 7.81. The Bertz CT molecular complexity index is 2350. The summed E-state index contributed by atoms with van der Waals surface area (Å²) in [4.78, 5) is 17.6. The molecule has 48 heavy (non-hydrogen) atoms. The molecule has 3 aliphatic heterocycles. The van der Waals surface area contributed by atoms with Gasteiger partial charge in [-0.1, -0.05) is 32.1 Å². The first kappa shape index (κ1) is 33.6. The van der Waals surface area contributed by atoms with Crippen LogP contribution in [0.25, 0.3) is 16.7 Å². The predicted octanol–water partition coefficient (Wildman–Crippen LogP) is 5.18. The molecule has 0 bridgehead atoms. The van der Waals surface area contributed by atoms with Crippen molar-refractivity contribution in [3.8, 4) is 11.5 Å². The van der Waals surface area contributed by atoms with Gasteiger partial charge in [0.1, 0.15) is 17.3 Å². The number of hydrogen-bond donors (Lipinski definition) is 3. The zero-order valence-electron chi connectivity index (χ0n) is 27.8. The number of ether oxygens (including phenoxy) is 1. The maximum atomic E-state index is 12.7. The van der Waals surface area contributed by atoms with Gasteiger partial charge in [-0.25, -0.2) is 13.2 Å². The van der Waals surface area contributed by atoms with Crippen molar-refractivity contribution in [2.24, 2.45) is 4.99 Å². The van der Waals surface area contributed by atoms with Gasteiger partial charge < -0.3 is 15.2 Å². The molecule has 12 heteroatoms. The molecular weight excluding hydrogens is 653 g/mol. The van der Waals surface area contributed by atoms with Crippen molar-refractivity contribution >= 4 is 48.3 Å². The zero-order valence-corrected chi connectivity index (χ0v) is 29.4. The summed E-state index contributed by atoms with van der Waals surface area (Å²) in [6.07, 6.45) is 4.76. The molecule has 3 aliphatic rings. The van der Waals surface area contributed by atoms with E-state index in [4.69, 9.17) is 9.73 Å². The third kappa shape index (κ3) is 6.56. The Labute approximate surface area is 280 Å². The van der Waals surface area contributed by atoms with Crippen LogP contribution in [0.2, 0.25) is 0 Å². The molecule has 0 unspecified atom stereocenters. The van der Waals surface area contributed by atoms with E-state index in [0.29, 0.717) is 66.7 Å². The lowest BCUT2D eigenvalue weighted by Crippen LogP contribution is -2.33. The quantitative estimate of drug-likeness (QED) is 0.222. The third-order valence-corrected chi connectivity index (χ3v) is 10.1. The zero-order chi connectivity index (χ0) is 35.1. The van der Waals surface area contributed by atoms with Crippen LogP contribution >= 0.6 is 0 Å². The van der Waals surface area contributed by atoms with Crippen LogP contribution in [0.5, 0.6) is 11.5 Å². The van der Waals surface area contributed by atoms with Crippen LogP contribution in [0.15, 0.2) is 59.6 Å². The second kappa shape index (κ2) is 11.1. The molecule has 10 nitrogen and oxygen atoms in total. The van der Waals surface area contributed by atoms with Crippen molar-refractivity contribution in [3.05, 3.63) is 98.6 Å². The molecule has 0 atom stereocenters. The molecule has 0 aliphatic carbocycles. The number of anilines is 1. The molecule has 0 saturated heterocycles. The minimum absolute atomic E-state index is 0.0503. The third-order valence-electron chi connectivity index (χ3n) is 8.56. The number of nitrogens with one attached hydrogen (secondary N) is 1. The second-order valence-corrected chi connectivity index (χ2v) is 17.8. The van der Waals surface area contributed by atoms with E-state index >= 15 is 0 Å². The van der Waals surface area contributed by atoms with Crippen molar-refractivity contribution in [2.75, 3.05) is 23.1 Å². The van der Waals surface area contributed by atoms with Crippen LogP contribution in [0, 0.1) is 0 Å². The maximum Gasteiger partial charge on any atom is 0.336 e. The van der Waals surface area contributed by atoms with Gasteiger partial charge in [0, 0.05) is 51.6 Å². The molecule has 0 spiro atoms. The lowest BCUT2D eigenvalue weighted by atomic mass is 9.83. The van der Waals surface area contributed by atoms with E-state index in [1.807, 2.05) is 65.8 Å². The fourth-order valence-corrected chi connectivity index (χ4v) is 8.19. The van der Waals surface area contributed by atoms with Crippen LogP contribution in [0.1, 0.15) is 85.6 Å². The standard InChI is InChI=1S/C36H38N2O8S2/c1-19(2)20-8-9-23(34(39)40)26(10-20)33-27-11-24-21(17-47(7,41)42)15-35(3,4)37-29(24)13-31(27)46-32-14-30-25(12-28(32)33)22(18-48(43,44)45)16-36(5,6)38-30/h8-16,19,37H,17-18H2,1-7H3,(H,39,40)(H,43,44,45). The van der Waals surface area contributed by atoms with Gasteiger partial charge in [-0.3, -0.25) is 9.55 Å². The van der Waals surface area contributed by atoms with E-state index in [2.05, 4.69) is 5.32 Å². The second-order valence-electron chi connectivity index (χ2n) is 14.2. The average molecular weight is 691 g/mol. The fourth-order valence-electron chi connectivity index (χ4n) is 6.76. The molecule has 6 rings (SSSR count). The fraction of sp³-hybridized carbons (Fsp3) is 0.333. The summed E-state index contributed by atoms with van der Waals surface area (Å²) in [5.41, 5.74) is 3.81. The summed E-state index contributed by atoms with van der Waals surface area (Å²) in [6, 6.07) is 12.3. The number of fused-ring (bicyclic) bond motifs is 4. The van der Waals surface area contributed by atoms with Gasteiger partial charge in [-0.05, 0) is 80.2 Å². The van der Waals surface area contributed by atoms with E-state index < -0.39 is 42.8 Å². The molecule has 3 aromatic rings. The summed E-state index contributed by atoms with van der Waals surface area (Å²) < 4.78 is 65.8. The molecule has 0 saturated carbocycles. The predicted molar refractivity (Wildman–Crippen MR) is 187 cm³/mol. The van der Waals surface area contributed by atoms with E-state index in [-0.39, 0.29) is 17.2 Å². The summed E-state index contributed by atoms with van der Waals surface area (Å²) >= 11 is 0. The van der Waals surface area contributed by atoms with Crippen molar-refractivity contribution < 1.29 is 36.0 Å². The van der Waals surface area contributed by atoms with Crippen molar-refractivity contribution in [1.29, 1.82) is 0 Å². The Balaban J connectivity index is 1.76. The first-order chi connectivity index (χ1) is 22.1. The van der Waals surface area contributed by atoms with Crippen LogP contribution in [-0.4, -0.2) is 61.3 Å². The molecule has 3 aromatic carbocycles. The van der Waals surface area contributed by atoms with Crippen LogP contribution in [-0.2, 0) is 20.0 Å². The van der Waals surface area contributed by atoms with Gasteiger partial charge >= 0.3 is 5.97 Å². The molecule has 3 N–H and O–H groups in total. The summed E-state index contributed by atoms with van der Waals surface area (Å²) in [5.74, 6) is -1.09. The number of carboxylic acid groups (broad SMARTS) is 1. The SMILES string of the molecule is CC(C)c1ccc(C(=O)O)c(C2=c3cc4c(cc3Oc3cc5c(cc32)C(CS(C)(=O)=O)=CC(C)(C)N5)=NC(C)(C)C=C4CS(=O)(=O)O)c1. The van der Waals surface area contributed by atoms with E-state index in [1.165, 1.54) is 6.26 Å². The van der Waals surface area contributed by atoms with E-state index in [9.17, 15) is 31.3 Å². The van der Waals surface area contributed by atoms with E-state index in [0.717, 1.165) is 5.56 Å². The number of hydrogen-bond acceptors (Lipinski definition) is 8. The average Bonchev–Trinajstić information content (AvgIpc) is 2.91. The molecule has 0 fully saturated rings. The summed E-state index contributed by atoms with van der Waals surface area (Å²) in [5, 5.41) is 14.8. The number of benzene rings is 3. The highest BCUT2D eigenvalue weighted by Gasteiger charge is 2.33. The van der Waals surface area contributed by atoms with Crippen LogP contribution < -0.4 is 20.6 Å². The largest absolute Gasteiger partial charge is 0.478 e. The number of carbonyl (C=O) groups is 1. The van der Waals surface area contributed by atoms with Crippen molar-refractivity contribution in [1.82, 2.24) is 0 Å². The topological polar surface area (TPSA) is 159 Å². The lowest BCUT2D eigenvalue weighted by molar-refractivity contribution is 0.0696.